The molecular formula is C74H102Gd2N16O27S2+6. The molecule has 0 bridgehead atoms. The van der Waals surface area contributed by atoms with E-state index in [1.807, 2.05) is 24.3 Å². The van der Waals surface area contributed by atoms with Crippen LogP contribution in [-0.2, 0) is 97.6 Å². The van der Waals surface area contributed by atoms with E-state index in [-0.39, 0.29) is 217 Å². The van der Waals surface area contributed by atoms with Crippen LogP contribution in [-0.4, -0.2) is 354 Å². The van der Waals surface area contributed by atoms with Gasteiger partial charge in [0.15, 0.2) is 16.0 Å². The smallest absolute Gasteiger partial charge is 0.480 e. The van der Waals surface area contributed by atoms with Crippen LogP contribution in [0.15, 0.2) is 91.5 Å². The first-order chi connectivity index (χ1) is 55.5. The molecule has 43 nitrogen and oxygen atoms in total. The van der Waals surface area contributed by atoms with Crippen molar-refractivity contribution in [1.82, 2.24) is 70.9 Å². The fraction of sp³-hybridized carbons (Fsp3) is 0.459. The van der Waals surface area contributed by atoms with E-state index < -0.39 is 185 Å². The van der Waals surface area contributed by atoms with Gasteiger partial charge in [0.05, 0.1) is 90.9 Å². The number of amides is 3. The topological polar surface area (TPSA) is 669 Å². The largest absolute Gasteiger partial charge is 3.00 e. The van der Waals surface area contributed by atoms with Crippen molar-refractivity contribution in [2.45, 2.75) is 88.9 Å². The minimum absolute atomic E-state index is 0. The van der Waals surface area contributed by atoms with Crippen LogP contribution in [0.2, 0.25) is 0 Å². The van der Waals surface area contributed by atoms with Crippen LogP contribution in [0, 0.1) is 85.8 Å². The average Bonchev–Trinajstić information content (AvgIpc) is 1.58. The minimum Gasteiger partial charge on any atom is -0.480 e. The number of H-pyrrole nitrogens is 2. The molecule has 662 valence electrons. The number of imidazole rings is 1. The second kappa shape index (κ2) is 57.8. The van der Waals surface area contributed by atoms with Crippen molar-refractivity contribution in [2.75, 3.05) is 135 Å². The van der Waals surface area contributed by atoms with Gasteiger partial charge in [0.1, 0.15) is 11.8 Å². The first-order valence-electron chi connectivity index (χ1n) is 36.8. The molecule has 0 aliphatic heterocycles. The fourth-order valence-corrected chi connectivity index (χ4v) is 13.1. The summed E-state index contributed by atoms with van der Waals surface area (Å²) >= 11 is 11.0. The maximum atomic E-state index is 14.8. The summed E-state index contributed by atoms with van der Waals surface area (Å²) in [5.41, 5.74) is 3.82. The van der Waals surface area contributed by atoms with Crippen LogP contribution >= 0.6 is 24.4 Å². The predicted molar refractivity (Wildman–Crippen MR) is 432 cm³/mol. The van der Waals surface area contributed by atoms with Crippen LogP contribution in [0.4, 0.5) is 11.4 Å². The SMILES string of the molecule is CCC(=O)[C@@H](CC(=O)[C@@H](Cc1c[nH]c2ccccc12)NC(=O)[C@@H](CCCCNC(=O)CNC(=S)Nc1ccc(CC(CN(CCN(CC(=O)O)CC(=O)O)CC(=O)O)N(CC(=O)O)CC(=O)O)cc1)NC(=O)CNC(=S)Nc1ccc(CC(CN(CCN(CC(=O)O)CC(=O)O)CC(=O)O)N(CC(=O)O)CC(=O)O)cc1)Cc1cnc[nH]1.O.O.[Gd+3].[Gd+3]. The monoisotopic (exact) mass is 2030 g/mol. The molecule has 2 unspecified atom stereocenters. The van der Waals surface area contributed by atoms with E-state index in [0.717, 1.165) is 30.5 Å². The third-order valence-corrected chi connectivity index (χ3v) is 18.6. The zero-order chi connectivity index (χ0) is 86.3. The molecule has 5 atom stereocenters. The Hall–Kier alpha value is -9.43. The third kappa shape index (κ3) is 44.3. The van der Waals surface area contributed by atoms with Crippen molar-refractivity contribution in [3.05, 3.63) is 114 Å². The van der Waals surface area contributed by atoms with Gasteiger partial charge < -0.3 is 109 Å². The average molecular weight is 2030 g/mol. The minimum atomic E-state index is -1.40. The number of unbranched alkanes of at least 4 members (excludes halogenated alkanes) is 1. The van der Waals surface area contributed by atoms with E-state index in [1.54, 1.807) is 67.8 Å². The van der Waals surface area contributed by atoms with Crippen LogP contribution in [0.3, 0.4) is 0 Å². The van der Waals surface area contributed by atoms with Crippen molar-refractivity contribution in [3.63, 3.8) is 0 Å². The number of carboxylic acids is 10. The number of rotatable bonds is 59. The first kappa shape index (κ1) is 110. The summed E-state index contributed by atoms with van der Waals surface area (Å²) in [4.78, 5) is 205. The van der Waals surface area contributed by atoms with E-state index in [4.69, 9.17) is 24.4 Å². The fourth-order valence-electron chi connectivity index (χ4n) is 12.8. The maximum absolute atomic E-state index is 14.8. The summed E-state index contributed by atoms with van der Waals surface area (Å²) in [6.45, 7) is -7.66. The van der Waals surface area contributed by atoms with E-state index in [0.29, 0.717) is 33.8 Å². The number of thiocarbonyl (C=S) groups is 2. The van der Waals surface area contributed by atoms with Crippen LogP contribution < -0.4 is 37.2 Å². The number of para-hydroxylation sites is 1. The molecule has 0 aliphatic carbocycles. The number of fused-ring (bicyclic) bond motifs is 1. The van der Waals surface area contributed by atoms with E-state index in [1.165, 1.54) is 16.1 Å². The number of nitrogens with one attached hydrogen (secondary N) is 9. The first-order valence-corrected chi connectivity index (χ1v) is 37.6. The molecule has 0 saturated carbocycles. The van der Waals surface area contributed by atoms with Gasteiger partial charge in [-0.2, -0.15) is 0 Å². The summed E-state index contributed by atoms with van der Waals surface area (Å²) in [6, 6.07) is 15.4. The van der Waals surface area contributed by atoms with Crippen LogP contribution in [0.5, 0.6) is 0 Å². The Kier molecular flexibility index (Phi) is 52.3. The Labute approximate surface area is 767 Å². The Morgan fingerprint density at radius 1 is 0.455 bits per heavy atom. The molecule has 3 amide bonds. The number of nitrogens with zero attached hydrogens (tertiary/aromatic N) is 7. The number of aromatic amines is 2. The molecule has 2 aromatic heterocycles. The molecule has 2 radical (unpaired) electrons. The van der Waals surface area contributed by atoms with E-state index in [2.05, 4.69) is 52.2 Å². The quantitative estimate of drug-likeness (QED) is 0.0139. The number of carbonyl (C=O) groups is 15. The van der Waals surface area contributed by atoms with E-state index >= 15 is 0 Å². The number of aliphatic carboxylic acids is 10. The summed E-state index contributed by atoms with van der Waals surface area (Å²) < 4.78 is 0. The number of hydrogen-bond donors (Lipinski definition) is 19. The zero-order valence-corrected chi connectivity index (χ0v) is 71.8. The number of anilines is 2. The number of hydrogen-bond acceptors (Lipinski definition) is 24. The van der Waals surface area contributed by atoms with Gasteiger partial charge in [0.25, 0.3) is 0 Å². The van der Waals surface area contributed by atoms with Crippen molar-refractivity contribution >= 4 is 146 Å². The molecule has 23 N–H and O–H groups in total. The number of benzene rings is 3. The van der Waals surface area contributed by atoms with Gasteiger partial charge in [0.2, 0.25) is 17.7 Å². The van der Waals surface area contributed by atoms with Crippen molar-refractivity contribution in [1.29, 1.82) is 0 Å². The summed E-state index contributed by atoms with van der Waals surface area (Å²) in [5, 5.41) is 116. The van der Waals surface area contributed by atoms with Gasteiger partial charge >= 0.3 is 140 Å². The van der Waals surface area contributed by atoms with Crippen molar-refractivity contribution < 1.29 is 214 Å². The van der Waals surface area contributed by atoms with Crippen LogP contribution in [0.1, 0.15) is 61.4 Å². The van der Waals surface area contributed by atoms with Crippen molar-refractivity contribution in [3.8, 4) is 0 Å². The summed E-state index contributed by atoms with van der Waals surface area (Å²) in [7, 11) is 0. The molecule has 5 aromatic rings. The van der Waals surface area contributed by atoms with E-state index in [9.17, 15) is 123 Å². The molecule has 0 fully saturated rings. The second-order valence-electron chi connectivity index (χ2n) is 27.4. The molecule has 0 spiro atoms. The third-order valence-electron chi connectivity index (χ3n) is 18.1. The van der Waals surface area contributed by atoms with Crippen molar-refractivity contribution in [2.24, 2.45) is 5.92 Å². The number of Topliss-reactive ketones (excluding diaryl/α,β-unsaturated/α-hetero) is 2. The molecule has 121 heavy (non-hydrogen) atoms. The van der Waals surface area contributed by atoms with Gasteiger partial charge in [0, 0.05) is 123 Å². The summed E-state index contributed by atoms with van der Waals surface area (Å²) in [5.74, 6) is -17.1. The Bertz CT molecular complexity index is 4200. The van der Waals surface area contributed by atoms with Crippen LogP contribution in [0.25, 0.3) is 10.9 Å². The number of aromatic nitrogens is 3. The predicted octanol–water partition coefficient (Wildman–Crippen LogP) is -2.71. The Balaban J connectivity index is 0.0000183. The number of ketones is 2. The molecule has 3 aromatic carbocycles. The summed E-state index contributed by atoms with van der Waals surface area (Å²) in [6.07, 6.45) is 4.99. The van der Waals surface area contributed by atoms with Gasteiger partial charge in [-0.15, -0.1) is 0 Å². The molecule has 47 heteroatoms. The Morgan fingerprint density at radius 3 is 1.28 bits per heavy atom. The van der Waals surface area contributed by atoms with Gasteiger partial charge in [-0.3, -0.25) is 101 Å². The van der Waals surface area contributed by atoms with Gasteiger partial charge in [-0.25, -0.2) is 4.98 Å². The number of carbonyl (C=O) groups excluding carboxylic acids is 5. The Morgan fingerprint density at radius 2 is 0.868 bits per heavy atom. The standard InChI is InChI=1S/C74H98N16O25S2.2Gd.2H2O/c1-2-58(91)47(25-51-29-75-44-80-51)27-59(92)57(26-48-28-77-55-8-4-3-7-54(48)55)84-72(115)56(83-61(94)31-79-74(117)82-50-16-12-46(13-17-50)24-53(90(42-70(111)112)43-71(113)114)33-86(35-63(97)98)20-22-88(38-66(103)104)39-67(105)106)9-5-6-18-76-60(93)30-78-73(116)81-49-14-10-45(11-15-49)23-52(89(40-68(107)108)41-69(109)110)32-85(34-62(95)96)19-21-87(36-64(99)100)37-65(101)102;;;;/h3-4,7-8,10-17,28-29,44,47,52-53,56-57,77H,2,5-6,9,18-27,30-43H2,1H3,(H,75,80)(H,76,93)(H,83,94)(H,84,115)(H,95,96)(H,97,98)(H,99,100)(H,101,102)(H,103,104)(H,105,106)(H,107,108)(H,109,110)(H,111,112)(H,113,114)(H2,78,81,116)(H2,79,82,117);;;2*1H2/q;2*+3;;/t47-,52?,53?,56-,57-;;;;/m1..../s1. The second-order valence-corrected chi connectivity index (χ2v) is 28.2. The zero-order valence-electron chi connectivity index (χ0n) is 65.6. The molecule has 0 saturated heterocycles. The molecule has 2 heterocycles. The number of carboxylic acid groups (broad SMARTS) is 10. The van der Waals surface area contributed by atoms with Gasteiger partial charge in [-0.05, 0) is 110 Å². The normalized spacial score (nSPS) is 12.2. The molecule has 0 aliphatic rings. The molecular weight excluding hydrogens is 1920 g/mol. The molecule has 5 rings (SSSR count). The maximum Gasteiger partial charge on any atom is 3.00 e. The van der Waals surface area contributed by atoms with Gasteiger partial charge in [-0.1, -0.05) is 49.4 Å².